The molecule has 1 unspecified atom stereocenters. The van der Waals surface area contributed by atoms with E-state index in [1.807, 2.05) is 0 Å². The maximum atomic E-state index is 12.7. The van der Waals surface area contributed by atoms with Crippen LogP contribution in [-0.4, -0.2) is 42.9 Å². The van der Waals surface area contributed by atoms with E-state index in [-0.39, 0.29) is 23.0 Å². The summed E-state index contributed by atoms with van der Waals surface area (Å²) >= 11 is 3.25. The van der Waals surface area contributed by atoms with Crippen molar-refractivity contribution < 1.29 is 18.3 Å². The second-order valence-corrected chi connectivity index (χ2v) is 7.88. The first kappa shape index (κ1) is 16.4. The fourth-order valence-electron chi connectivity index (χ4n) is 2.38. The second kappa shape index (κ2) is 6.04. The Labute approximate surface area is 132 Å². The molecule has 2 rings (SSSR count). The molecule has 1 aliphatic rings. The summed E-state index contributed by atoms with van der Waals surface area (Å²) in [6, 6.07) is 2.44. The standard InChI is InChI=1S/C13H17BrN2O4S/c1-8-5-9(13(17)18)6-11(12(8)14)21(19,20)16-4-2-3-10(15)7-16/h5-6,10H,2-4,7,15H2,1H3,(H,17,18). The summed E-state index contributed by atoms with van der Waals surface area (Å²) in [6.07, 6.45) is 1.50. The van der Waals surface area contributed by atoms with Gasteiger partial charge in [0.15, 0.2) is 0 Å². The zero-order valence-corrected chi connectivity index (χ0v) is 13.9. The number of carboxylic acid groups (broad SMARTS) is 1. The minimum atomic E-state index is -3.76. The first-order chi connectivity index (χ1) is 9.73. The van der Waals surface area contributed by atoms with Crippen LogP contribution in [0.2, 0.25) is 0 Å². The van der Waals surface area contributed by atoms with E-state index in [1.54, 1.807) is 6.92 Å². The average molecular weight is 377 g/mol. The van der Waals surface area contributed by atoms with Gasteiger partial charge in [0.05, 0.1) is 10.5 Å². The van der Waals surface area contributed by atoms with Crippen LogP contribution < -0.4 is 5.73 Å². The molecule has 6 nitrogen and oxygen atoms in total. The van der Waals surface area contributed by atoms with Crippen LogP contribution in [0, 0.1) is 6.92 Å². The smallest absolute Gasteiger partial charge is 0.335 e. The predicted octanol–water partition coefficient (Wildman–Crippen LogP) is 1.57. The first-order valence-corrected chi connectivity index (χ1v) is 8.76. The molecule has 1 aliphatic heterocycles. The van der Waals surface area contributed by atoms with Crippen molar-refractivity contribution in [2.45, 2.75) is 30.7 Å². The summed E-state index contributed by atoms with van der Waals surface area (Å²) < 4.78 is 27.2. The van der Waals surface area contributed by atoms with Crippen molar-refractivity contribution in [3.05, 3.63) is 27.7 Å². The minimum Gasteiger partial charge on any atom is -0.478 e. The molecule has 1 aromatic carbocycles. The van der Waals surface area contributed by atoms with Crippen molar-refractivity contribution in [2.75, 3.05) is 13.1 Å². The van der Waals surface area contributed by atoms with Crippen molar-refractivity contribution in [3.8, 4) is 0 Å². The normalized spacial score (nSPS) is 20.4. The number of hydrogen-bond donors (Lipinski definition) is 2. The Bertz CT molecular complexity index is 675. The van der Waals surface area contributed by atoms with Crippen molar-refractivity contribution >= 4 is 31.9 Å². The van der Waals surface area contributed by atoms with Gasteiger partial charge in [0.1, 0.15) is 0 Å². The average Bonchev–Trinajstić information content (AvgIpc) is 2.41. The van der Waals surface area contributed by atoms with Crippen LogP contribution in [0.1, 0.15) is 28.8 Å². The lowest BCUT2D eigenvalue weighted by Crippen LogP contribution is -2.45. The molecule has 3 N–H and O–H groups in total. The zero-order chi connectivity index (χ0) is 15.8. The zero-order valence-electron chi connectivity index (χ0n) is 11.5. The molecule has 21 heavy (non-hydrogen) atoms. The van der Waals surface area contributed by atoms with Gasteiger partial charge in [-0.05, 0) is 53.4 Å². The lowest BCUT2D eigenvalue weighted by molar-refractivity contribution is 0.0696. The Morgan fingerprint density at radius 3 is 2.71 bits per heavy atom. The summed E-state index contributed by atoms with van der Waals surface area (Å²) in [6.45, 7) is 2.32. The lowest BCUT2D eigenvalue weighted by Gasteiger charge is -2.30. The van der Waals surface area contributed by atoms with Gasteiger partial charge in [0, 0.05) is 23.6 Å². The Balaban J connectivity index is 2.51. The van der Waals surface area contributed by atoms with Crippen LogP contribution in [0.25, 0.3) is 0 Å². The molecule has 0 spiro atoms. The Kier molecular flexibility index (Phi) is 4.72. The van der Waals surface area contributed by atoms with E-state index in [4.69, 9.17) is 10.8 Å². The van der Waals surface area contributed by atoms with E-state index in [0.29, 0.717) is 23.0 Å². The fraction of sp³-hybridized carbons (Fsp3) is 0.462. The highest BCUT2D eigenvalue weighted by Gasteiger charge is 2.31. The molecule has 0 aliphatic carbocycles. The quantitative estimate of drug-likeness (QED) is 0.833. The van der Waals surface area contributed by atoms with E-state index in [1.165, 1.54) is 16.4 Å². The van der Waals surface area contributed by atoms with Gasteiger partial charge in [0.2, 0.25) is 10.0 Å². The molecule has 1 saturated heterocycles. The van der Waals surface area contributed by atoms with Gasteiger partial charge in [-0.2, -0.15) is 4.31 Å². The topological polar surface area (TPSA) is 101 Å². The number of aryl methyl sites for hydroxylation is 1. The van der Waals surface area contributed by atoms with Gasteiger partial charge in [-0.3, -0.25) is 0 Å². The van der Waals surface area contributed by atoms with Crippen molar-refractivity contribution in [1.82, 2.24) is 4.31 Å². The summed E-state index contributed by atoms with van der Waals surface area (Å²) in [5.74, 6) is -1.16. The van der Waals surface area contributed by atoms with E-state index < -0.39 is 16.0 Å². The van der Waals surface area contributed by atoms with Crippen molar-refractivity contribution in [3.63, 3.8) is 0 Å². The molecule has 1 aromatic rings. The predicted molar refractivity (Wildman–Crippen MR) is 81.8 cm³/mol. The van der Waals surface area contributed by atoms with Crippen LogP contribution >= 0.6 is 15.9 Å². The first-order valence-electron chi connectivity index (χ1n) is 6.52. The molecule has 0 amide bonds. The molecule has 0 bridgehead atoms. The molecular formula is C13H17BrN2O4S. The highest BCUT2D eigenvalue weighted by Crippen LogP contribution is 2.30. The third-order valence-electron chi connectivity index (χ3n) is 3.51. The number of nitrogens with zero attached hydrogens (tertiary/aromatic N) is 1. The van der Waals surface area contributed by atoms with Gasteiger partial charge >= 0.3 is 5.97 Å². The number of rotatable bonds is 3. The van der Waals surface area contributed by atoms with Crippen LogP contribution in [0.5, 0.6) is 0 Å². The summed E-state index contributed by atoms with van der Waals surface area (Å²) in [5.41, 5.74) is 6.35. The number of benzene rings is 1. The van der Waals surface area contributed by atoms with Gasteiger partial charge < -0.3 is 10.8 Å². The monoisotopic (exact) mass is 376 g/mol. The van der Waals surface area contributed by atoms with Gasteiger partial charge in [-0.25, -0.2) is 13.2 Å². The van der Waals surface area contributed by atoms with E-state index in [9.17, 15) is 13.2 Å². The maximum Gasteiger partial charge on any atom is 0.335 e. The van der Waals surface area contributed by atoms with Gasteiger partial charge in [0.25, 0.3) is 0 Å². The van der Waals surface area contributed by atoms with Gasteiger partial charge in [-0.1, -0.05) is 0 Å². The number of sulfonamides is 1. The number of hydrogen-bond acceptors (Lipinski definition) is 4. The number of aromatic carboxylic acids is 1. The Morgan fingerprint density at radius 2 is 2.14 bits per heavy atom. The van der Waals surface area contributed by atoms with Gasteiger partial charge in [-0.15, -0.1) is 0 Å². The van der Waals surface area contributed by atoms with Crippen LogP contribution in [0.3, 0.4) is 0 Å². The molecule has 1 fully saturated rings. The Morgan fingerprint density at radius 1 is 1.48 bits per heavy atom. The number of carboxylic acids is 1. The van der Waals surface area contributed by atoms with Crippen LogP contribution in [0.4, 0.5) is 0 Å². The van der Waals surface area contributed by atoms with E-state index in [2.05, 4.69) is 15.9 Å². The lowest BCUT2D eigenvalue weighted by atomic mass is 10.1. The SMILES string of the molecule is Cc1cc(C(=O)O)cc(S(=O)(=O)N2CCCC(N)C2)c1Br. The minimum absolute atomic E-state index is 0.0194. The molecule has 116 valence electrons. The molecule has 1 heterocycles. The molecule has 0 aromatic heterocycles. The third-order valence-corrected chi connectivity index (χ3v) is 6.71. The van der Waals surface area contributed by atoms with E-state index >= 15 is 0 Å². The Hall–Kier alpha value is -0.960. The number of carbonyl (C=O) groups is 1. The summed E-state index contributed by atoms with van der Waals surface area (Å²) in [7, 11) is -3.76. The van der Waals surface area contributed by atoms with E-state index in [0.717, 1.165) is 6.42 Å². The van der Waals surface area contributed by atoms with Crippen LogP contribution in [-0.2, 0) is 10.0 Å². The third kappa shape index (κ3) is 3.28. The molecule has 0 saturated carbocycles. The van der Waals surface area contributed by atoms with Crippen molar-refractivity contribution in [2.24, 2.45) is 5.73 Å². The molecule has 1 atom stereocenters. The highest BCUT2D eigenvalue weighted by atomic mass is 79.9. The number of halogens is 1. The highest BCUT2D eigenvalue weighted by molar-refractivity contribution is 9.10. The number of piperidine rings is 1. The van der Waals surface area contributed by atoms with Crippen molar-refractivity contribution in [1.29, 1.82) is 0 Å². The largest absolute Gasteiger partial charge is 0.478 e. The molecule has 0 radical (unpaired) electrons. The molecule has 8 heteroatoms. The second-order valence-electron chi connectivity index (χ2n) is 5.18. The number of nitrogens with two attached hydrogens (primary N) is 1. The van der Waals surface area contributed by atoms with Crippen LogP contribution in [0.15, 0.2) is 21.5 Å². The summed E-state index contributed by atoms with van der Waals surface area (Å²) in [4.78, 5) is 11.1. The maximum absolute atomic E-state index is 12.7. The summed E-state index contributed by atoms with van der Waals surface area (Å²) in [5, 5.41) is 9.10. The molecular weight excluding hydrogens is 360 g/mol. The fourth-order valence-corrected chi connectivity index (χ4v) is 4.92.